The van der Waals surface area contributed by atoms with Gasteiger partial charge in [-0.15, -0.1) is 0 Å². The summed E-state index contributed by atoms with van der Waals surface area (Å²) in [5.41, 5.74) is 6.22. The maximum absolute atomic E-state index is 12.6. The Morgan fingerprint density at radius 2 is 1.71 bits per heavy atom. The molecule has 0 aliphatic heterocycles. The molecule has 0 atom stereocenters. The van der Waals surface area contributed by atoms with E-state index >= 15 is 0 Å². The second kappa shape index (κ2) is 6.98. The minimum atomic E-state index is -3.56. The van der Waals surface area contributed by atoms with Crippen molar-refractivity contribution in [1.29, 1.82) is 0 Å². The molecule has 4 nitrogen and oxygen atoms in total. The Kier molecular flexibility index (Phi) is 5.73. The van der Waals surface area contributed by atoms with Crippen LogP contribution in [-0.2, 0) is 10.0 Å². The fourth-order valence-electron chi connectivity index (χ4n) is 2.80. The largest absolute Gasteiger partial charge is 0.399 e. The minimum absolute atomic E-state index is 0.0224. The third-order valence-corrected chi connectivity index (χ3v) is 7.43. The number of hydrogen-bond acceptors (Lipinski definition) is 3. The van der Waals surface area contributed by atoms with E-state index < -0.39 is 10.0 Å². The number of nitrogens with two attached hydrogens (primary N) is 1. The number of benzene rings is 1. The predicted octanol–water partition coefficient (Wildman–Crippen LogP) is 4.04. The number of sulfonamides is 1. The van der Waals surface area contributed by atoms with E-state index in [0.717, 1.165) is 31.6 Å². The lowest BCUT2D eigenvalue weighted by atomic mass is 9.85. The van der Waals surface area contributed by atoms with Crippen LogP contribution in [0.2, 0.25) is 0 Å². The molecule has 0 unspecified atom stereocenters. The summed E-state index contributed by atoms with van der Waals surface area (Å²) in [6.07, 6.45) is 5.17. The molecule has 3 N–H and O–H groups in total. The van der Waals surface area contributed by atoms with E-state index in [-0.39, 0.29) is 10.9 Å². The van der Waals surface area contributed by atoms with E-state index in [1.807, 2.05) is 0 Å². The zero-order valence-electron chi connectivity index (χ0n) is 11.9. The van der Waals surface area contributed by atoms with Gasteiger partial charge in [-0.05, 0) is 75.6 Å². The van der Waals surface area contributed by atoms with Crippen LogP contribution in [0.25, 0.3) is 0 Å². The van der Waals surface area contributed by atoms with Gasteiger partial charge < -0.3 is 5.73 Å². The first-order valence-corrected chi connectivity index (χ1v) is 10.2. The van der Waals surface area contributed by atoms with Gasteiger partial charge in [0, 0.05) is 20.7 Å². The maximum atomic E-state index is 12.6. The second-order valence-corrected chi connectivity index (χ2v) is 8.92. The molecule has 0 spiro atoms. The lowest BCUT2D eigenvalue weighted by Crippen LogP contribution is -2.37. The zero-order chi connectivity index (χ0) is 15.6. The van der Waals surface area contributed by atoms with E-state index in [1.165, 1.54) is 6.42 Å². The summed E-state index contributed by atoms with van der Waals surface area (Å²) in [4.78, 5) is 0.217. The van der Waals surface area contributed by atoms with Gasteiger partial charge in [0.15, 0.2) is 0 Å². The third kappa shape index (κ3) is 4.21. The van der Waals surface area contributed by atoms with Gasteiger partial charge in [-0.2, -0.15) is 0 Å². The van der Waals surface area contributed by atoms with Gasteiger partial charge in [-0.25, -0.2) is 13.1 Å². The Bertz CT molecular complexity index is 588. The number of nitrogens with one attached hydrogen (secondary N) is 1. The summed E-state index contributed by atoms with van der Waals surface area (Å²) >= 11 is 6.58. The van der Waals surface area contributed by atoms with Gasteiger partial charge >= 0.3 is 0 Å². The lowest BCUT2D eigenvalue weighted by Gasteiger charge is -2.28. The SMILES string of the molecule is CCC1CCC(NS(=O)(=O)c2c(Br)cc(N)cc2Br)CC1. The monoisotopic (exact) mass is 438 g/mol. The number of nitrogen functional groups attached to an aromatic ring is 1. The van der Waals surface area contributed by atoms with Crippen LogP contribution in [0.15, 0.2) is 26.0 Å². The first kappa shape index (κ1) is 17.2. The summed E-state index contributed by atoms with van der Waals surface area (Å²) in [5, 5.41) is 0. The van der Waals surface area contributed by atoms with Gasteiger partial charge in [0.05, 0.1) is 0 Å². The van der Waals surface area contributed by atoms with Crippen molar-refractivity contribution >= 4 is 47.6 Å². The van der Waals surface area contributed by atoms with Crippen molar-refractivity contribution in [3.8, 4) is 0 Å². The Morgan fingerprint density at radius 3 is 2.19 bits per heavy atom. The van der Waals surface area contributed by atoms with Crippen molar-refractivity contribution in [2.75, 3.05) is 5.73 Å². The average molecular weight is 440 g/mol. The summed E-state index contributed by atoms with van der Waals surface area (Å²) in [5.74, 6) is 0.737. The Labute approximate surface area is 143 Å². The minimum Gasteiger partial charge on any atom is -0.399 e. The molecule has 1 aromatic carbocycles. The lowest BCUT2D eigenvalue weighted by molar-refractivity contribution is 0.306. The van der Waals surface area contributed by atoms with Crippen LogP contribution in [0.5, 0.6) is 0 Å². The van der Waals surface area contributed by atoms with E-state index in [0.29, 0.717) is 14.6 Å². The summed E-state index contributed by atoms with van der Waals surface area (Å²) < 4.78 is 29.0. The van der Waals surface area contributed by atoms with E-state index in [1.54, 1.807) is 12.1 Å². The van der Waals surface area contributed by atoms with E-state index in [9.17, 15) is 8.42 Å². The van der Waals surface area contributed by atoms with Gasteiger partial charge in [0.1, 0.15) is 4.90 Å². The van der Waals surface area contributed by atoms with Crippen molar-refractivity contribution < 1.29 is 8.42 Å². The third-order valence-electron chi connectivity index (χ3n) is 4.04. The molecule has 0 saturated heterocycles. The van der Waals surface area contributed by atoms with Crippen LogP contribution in [0.1, 0.15) is 39.0 Å². The molecule has 0 radical (unpaired) electrons. The van der Waals surface area contributed by atoms with Crippen LogP contribution in [0.4, 0.5) is 5.69 Å². The smallest absolute Gasteiger partial charge is 0.243 e. The number of rotatable bonds is 4. The highest BCUT2D eigenvalue weighted by atomic mass is 79.9. The first-order valence-electron chi connectivity index (χ1n) is 7.10. The molecule has 118 valence electrons. The quantitative estimate of drug-likeness (QED) is 0.695. The molecule has 1 fully saturated rings. The number of halogens is 2. The highest BCUT2D eigenvalue weighted by Gasteiger charge is 2.27. The molecule has 0 heterocycles. The summed E-state index contributed by atoms with van der Waals surface area (Å²) in [6, 6.07) is 3.23. The predicted molar refractivity (Wildman–Crippen MR) is 92.6 cm³/mol. The normalized spacial score (nSPS) is 23.2. The molecule has 1 aromatic rings. The van der Waals surface area contributed by atoms with Crippen molar-refractivity contribution in [2.45, 2.75) is 50.0 Å². The fraction of sp³-hybridized carbons (Fsp3) is 0.571. The van der Waals surface area contributed by atoms with Crippen LogP contribution >= 0.6 is 31.9 Å². The van der Waals surface area contributed by atoms with E-state index in [2.05, 4.69) is 43.5 Å². The Morgan fingerprint density at radius 1 is 1.19 bits per heavy atom. The van der Waals surface area contributed by atoms with Crippen molar-refractivity contribution in [1.82, 2.24) is 4.72 Å². The van der Waals surface area contributed by atoms with Gasteiger partial charge in [-0.1, -0.05) is 13.3 Å². The maximum Gasteiger partial charge on any atom is 0.243 e. The second-order valence-electron chi connectivity index (χ2n) is 5.56. The molecule has 0 amide bonds. The topological polar surface area (TPSA) is 72.2 Å². The molecule has 1 aliphatic rings. The number of hydrogen-bond donors (Lipinski definition) is 2. The average Bonchev–Trinajstić information content (AvgIpc) is 2.37. The summed E-state index contributed by atoms with van der Waals surface area (Å²) in [6.45, 7) is 2.19. The van der Waals surface area contributed by atoms with Crippen LogP contribution < -0.4 is 10.5 Å². The van der Waals surface area contributed by atoms with Gasteiger partial charge in [0.25, 0.3) is 0 Å². The van der Waals surface area contributed by atoms with Crippen molar-refractivity contribution in [3.63, 3.8) is 0 Å². The van der Waals surface area contributed by atoms with E-state index in [4.69, 9.17) is 5.73 Å². The first-order chi connectivity index (χ1) is 9.83. The molecule has 2 rings (SSSR count). The molecular weight excluding hydrogens is 420 g/mol. The number of anilines is 1. The van der Waals surface area contributed by atoms with Crippen molar-refractivity contribution in [2.24, 2.45) is 5.92 Å². The Balaban J connectivity index is 2.16. The van der Waals surface area contributed by atoms with Gasteiger partial charge in [-0.3, -0.25) is 0 Å². The highest BCUT2D eigenvalue weighted by molar-refractivity contribution is 9.11. The molecule has 1 saturated carbocycles. The Hall–Kier alpha value is -0.110. The fourth-order valence-corrected chi connectivity index (χ4v) is 6.73. The molecule has 0 aromatic heterocycles. The zero-order valence-corrected chi connectivity index (χ0v) is 15.9. The van der Waals surface area contributed by atoms with Crippen molar-refractivity contribution in [3.05, 3.63) is 21.1 Å². The van der Waals surface area contributed by atoms with Gasteiger partial charge in [0.2, 0.25) is 10.0 Å². The molecule has 0 bridgehead atoms. The molecule has 1 aliphatic carbocycles. The summed E-state index contributed by atoms with van der Waals surface area (Å²) in [7, 11) is -3.56. The molecular formula is C14H20Br2N2O2S. The van der Waals surface area contributed by atoms with Crippen LogP contribution in [0.3, 0.4) is 0 Å². The standard InChI is InChI=1S/C14H20Br2N2O2S/c1-2-9-3-5-11(6-4-9)18-21(19,20)14-12(15)7-10(17)8-13(14)16/h7-9,11,18H,2-6,17H2,1H3. The van der Waals surface area contributed by atoms with Crippen LogP contribution in [-0.4, -0.2) is 14.5 Å². The van der Waals surface area contributed by atoms with Crippen LogP contribution in [0, 0.1) is 5.92 Å². The molecule has 7 heteroatoms. The molecule has 21 heavy (non-hydrogen) atoms. The highest BCUT2D eigenvalue weighted by Crippen LogP contribution is 2.33.